The van der Waals surface area contributed by atoms with Crippen molar-refractivity contribution < 1.29 is 0 Å². The van der Waals surface area contributed by atoms with Crippen molar-refractivity contribution in [3.05, 3.63) is 59.7 Å². The topological polar surface area (TPSA) is 26.0 Å². The van der Waals surface area contributed by atoms with E-state index < -0.39 is 0 Å². The van der Waals surface area contributed by atoms with Gasteiger partial charge in [-0.25, -0.2) is 0 Å². The fourth-order valence-corrected chi connectivity index (χ4v) is 2.30. The highest BCUT2D eigenvalue weighted by Gasteiger charge is 2.15. The average Bonchev–Trinajstić information content (AvgIpc) is 2.37. The summed E-state index contributed by atoms with van der Waals surface area (Å²) >= 11 is 0. The van der Waals surface area contributed by atoms with Crippen LogP contribution in [0.2, 0.25) is 0 Å². The summed E-state index contributed by atoms with van der Waals surface area (Å²) in [7, 11) is 0. The van der Waals surface area contributed by atoms with Crippen LogP contribution in [0.3, 0.4) is 0 Å². The molecule has 0 aliphatic carbocycles. The molecule has 2 unspecified atom stereocenters. The van der Waals surface area contributed by atoms with Crippen molar-refractivity contribution >= 4 is 0 Å². The van der Waals surface area contributed by atoms with Crippen molar-refractivity contribution in [3.63, 3.8) is 0 Å². The Morgan fingerprint density at radius 2 is 1.79 bits per heavy atom. The van der Waals surface area contributed by atoms with Crippen LogP contribution in [0.1, 0.15) is 50.7 Å². The van der Waals surface area contributed by atoms with Crippen molar-refractivity contribution in [2.45, 2.75) is 52.0 Å². The minimum absolute atomic E-state index is 0.107. The third-order valence-electron chi connectivity index (χ3n) is 3.62. The molecule has 1 rings (SSSR count). The third kappa shape index (κ3) is 4.68. The second kappa shape index (κ2) is 7.30. The maximum absolute atomic E-state index is 6.15. The minimum Gasteiger partial charge on any atom is -0.324 e. The van der Waals surface area contributed by atoms with Gasteiger partial charge < -0.3 is 5.73 Å². The van der Waals surface area contributed by atoms with Crippen molar-refractivity contribution in [3.8, 4) is 0 Å². The quantitative estimate of drug-likeness (QED) is 0.710. The van der Waals surface area contributed by atoms with E-state index in [1.807, 2.05) is 0 Å². The molecule has 0 aliphatic heterocycles. The van der Waals surface area contributed by atoms with Crippen molar-refractivity contribution in [2.24, 2.45) is 5.73 Å². The van der Waals surface area contributed by atoms with Crippen LogP contribution < -0.4 is 5.73 Å². The van der Waals surface area contributed by atoms with Gasteiger partial charge in [-0.05, 0) is 30.9 Å². The Labute approximate surface area is 118 Å². The molecule has 0 heterocycles. The van der Waals surface area contributed by atoms with Crippen LogP contribution in [-0.4, -0.2) is 6.04 Å². The zero-order valence-electron chi connectivity index (χ0n) is 12.6. The zero-order valence-corrected chi connectivity index (χ0v) is 12.6. The van der Waals surface area contributed by atoms with Gasteiger partial charge in [-0.1, -0.05) is 68.8 Å². The number of rotatable bonds is 7. The maximum atomic E-state index is 6.15. The molecule has 19 heavy (non-hydrogen) atoms. The van der Waals surface area contributed by atoms with Gasteiger partial charge in [0.15, 0.2) is 0 Å². The fraction of sp³-hybridized carbons (Fsp3) is 0.444. The van der Waals surface area contributed by atoms with E-state index in [4.69, 9.17) is 5.73 Å². The normalized spacial score (nSPS) is 13.9. The van der Waals surface area contributed by atoms with E-state index in [9.17, 15) is 0 Å². The molecule has 1 aromatic carbocycles. The summed E-state index contributed by atoms with van der Waals surface area (Å²) in [5.74, 6) is 0.320. The van der Waals surface area contributed by atoms with E-state index in [0.29, 0.717) is 5.92 Å². The molecule has 0 aliphatic rings. The average molecular weight is 257 g/mol. The van der Waals surface area contributed by atoms with Gasteiger partial charge >= 0.3 is 0 Å². The SMILES string of the molecule is C=C(C)Cc1ccc(C(C)C(=C)C(N)CCC)cc1. The molecule has 0 saturated heterocycles. The molecule has 2 atom stereocenters. The van der Waals surface area contributed by atoms with Crippen LogP contribution in [0.25, 0.3) is 0 Å². The predicted molar refractivity (Wildman–Crippen MR) is 85.4 cm³/mol. The monoisotopic (exact) mass is 257 g/mol. The Balaban J connectivity index is 2.74. The number of nitrogens with two attached hydrogens (primary N) is 1. The molecule has 0 saturated carbocycles. The lowest BCUT2D eigenvalue weighted by molar-refractivity contribution is 0.634. The predicted octanol–water partition coefficient (Wildman–Crippen LogP) is 4.59. The van der Waals surface area contributed by atoms with E-state index in [2.05, 4.69) is 58.2 Å². The smallest absolute Gasteiger partial charge is 0.0256 e. The first-order valence-corrected chi connectivity index (χ1v) is 7.13. The summed E-state index contributed by atoms with van der Waals surface area (Å²) in [6.45, 7) is 14.5. The molecule has 0 bridgehead atoms. The molecule has 1 nitrogen and oxygen atoms in total. The number of allylic oxidation sites excluding steroid dienone is 1. The molecule has 0 fully saturated rings. The fourth-order valence-electron chi connectivity index (χ4n) is 2.30. The second-order valence-corrected chi connectivity index (χ2v) is 5.57. The number of hydrogen-bond acceptors (Lipinski definition) is 1. The Kier molecular flexibility index (Phi) is 6.04. The van der Waals surface area contributed by atoms with Gasteiger partial charge in [0.05, 0.1) is 0 Å². The zero-order chi connectivity index (χ0) is 14.4. The first-order valence-electron chi connectivity index (χ1n) is 7.13. The van der Waals surface area contributed by atoms with Gasteiger partial charge in [-0.15, -0.1) is 0 Å². The van der Waals surface area contributed by atoms with Crippen LogP contribution in [0.15, 0.2) is 48.6 Å². The summed E-state index contributed by atoms with van der Waals surface area (Å²) in [5, 5.41) is 0. The molecule has 1 aromatic rings. The van der Waals surface area contributed by atoms with Gasteiger partial charge in [0, 0.05) is 12.0 Å². The molecule has 2 N–H and O–H groups in total. The molecule has 0 aromatic heterocycles. The lowest BCUT2D eigenvalue weighted by Crippen LogP contribution is -2.24. The summed E-state index contributed by atoms with van der Waals surface area (Å²) in [5.41, 5.74) is 11.1. The summed E-state index contributed by atoms with van der Waals surface area (Å²) in [4.78, 5) is 0. The standard InChI is InChI=1S/C18H27N/c1-6-7-18(19)15(5)14(4)17-10-8-16(9-11-17)12-13(2)3/h8-11,14,18H,2,5-7,12,19H2,1,3-4H3. The van der Waals surface area contributed by atoms with Crippen molar-refractivity contribution in [2.75, 3.05) is 0 Å². The lowest BCUT2D eigenvalue weighted by Gasteiger charge is -2.21. The van der Waals surface area contributed by atoms with Crippen molar-refractivity contribution in [1.82, 2.24) is 0 Å². The largest absolute Gasteiger partial charge is 0.324 e. The van der Waals surface area contributed by atoms with Crippen LogP contribution in [0.4, 0.5) is 0 Å². The van der Waals surface area contributed by atoms with Gasteiger partial charge in [-0.2, -0.15) is 0 Å². The third-order valence-corrected chi connectivity index (χ3v) is 3.62. The van der Waals surface area contributed by atoms with Crippen LogP contribution in [-0.2, 0) is 6.42 Å². The Morgan fingerprint density at radius 1 is 1.21 bits per heavy atom. The van der Waals surface area contributed by atoms with E-state index in [0.717, 1.165) is 24.8 Å². The van der Waals surface area contributed by atoms with E-state index in [1.54, 1.807) is 0 Å². The maximum Gasteiger partial charge on any atom is 0.0256 e. The Bertz CT molecular complexity index is 428. The van der Waals surface area contributed by atoms with Crippen LogP contribution >= 0.6 is 0 Å². The van der Waals surface area contributed by atoms with Gasteiger partial charge in [0.25, 0.3) is 0 Å². The second-order valence-electron chi connectivity index (χ2n) is 5.57. The molecule has 1 heteroatoms. The summed E-state index contributed by atoms with van der Waals surface area (Å²) in [6.07, 6.45) is 3.06. The molecule has 104 valence electrons. The van der Waals surface area contributed by atoms with Gasteiger partial charge in [0.2, 0.25) is 0 Å². The molecular formula is C18H27N. The number of benzene rings is 1. The summed E-state index contributed by atoms with van der Waals surface area (Å²) < 4.78 is 0. The van der Waals surface area contributed by atoms with Crippen molar-refractivity contribution in [1.29, 1.82) is 0 Å². The first-order chi connectivity index (χ1) is 8.95. The van der Waals surface area contributed by atoms with E-state index in [1.165, 1.54) is 16.7 Å². The summed E-state index contributed by atoms with van der Waals surface area (Å²) in [6, 6.07) is 8.84. The highest BCUT2D eigenvalue weighted by Crippen LogP contribution is 2.26. The highest BCUT2D eigenvalue weighted by molar-refractivity contribution is 5.32. The van der Waals surface area contributed by atoms with E-state index >= 15 is 0 Å². The molecule has 0 spiro atoms. The Hall–Kier alpha value is -1.34. The van der Waals surface area contributed by atoms with E-state index in [-0.39, 0.29) is 6.04 Å². The van der Waals surface area contributed by atoms with Crippen LogP contribution in [0, 0.1) is 0 Å². The lowest BCUT2D eigenvalue weighted by atomic mass is 9.87. The highest BCUT2D eigenvalue weighted by atomic mass is 14.6. The van der Waals surface area contributed by atoms with Gasteiger partial charge in [0.1, 0.15) is 0 Å². The Morgan fingerprint density at radius 3 is 2.26 bits per heavy atom. The van der Waals surface area contributed by atoms with Crippen LogP contribution in [0.5, 0.6) is 0 Å². The minimum atomic E-state index is 0.107. The molecule has 0 radical (unpaired) electrons. The molecule has 0 amide bonds. The molecular weight excluding hydrogens is 230 g/mol. The first kappa shape index (κ1) is 15.7. The van der Waals surface area contributed by atoms with Gasteiger partial charge in [-0.3, -0.25) is 0 Å². The number of hydrogen-bond donors (Lipinski definition) is 1.